The average molecular weight is 342 g/mol. The summed E-state index contributed by atoms with van der Waals surface area (Å²) in [5, 5.41) is 11.7. The second-order valence-corrected chi connectivity index (χ2v) is 6.64. The lowest BCUT2D eigenvalue weighted by atomic mass is 10.1. The predicted octanol–water partition coefficient (Wildman–Crippen LogP) is 3.02. The van der Waals surface area contributed by atoms with Crippen LogP contribution in [0, 0.1) is 0 Å². The third-order valence-electron chi connectivity index (χ3n) is 3.36. The van der Waals surface area contributed by atoms with Crippen LogP contribution >= 0.6 is 0 Å². The Morgan fingerprint density at radius 3 is 2.56 bits per heavy atom. The predicted molar refractivity (Wildman–Crippen MR) is 93.4 cm³/mol. The molecule has 1 aromatic carbocycles. The number of hydrogen-bond donors (Lipinski definition) is 2. The van der Waals surface area contributed by atoms with Crippen LogP contribution in [0.25, 0.3) is 0 Å². The van der Waals surface area contributed by atoms with E-state index in [1.165, 1.54) is 18.3 Å². The number of benzene rings is 1. The van der Waals surface area contributed by atoms with E-state index in [4.69, 9.17) is 9.84 Å². The van der Waals surface area contributed by atoms with Crippen LogP contribution in [-0.2, 0) is 17.9 Å². The number of nitrogens with one attached hydrogen (secondary N) is 1. The van der Waals surface area contributed by atoms with Gasteiger partial charge in [0.25, 0.3) is 5.91 Å². The molecule has 0 aliphatic carbocycles. The number of hydrogen-bond acceptors (Lipinski definition) is 4. The zero-order valence-electron chi connectivity index (χ0n) is 14.6. The summed E-state index contributed by atoms with van der Waals surface area (Å²) in [6, 6.07) is 10.3. The number of carbonyl (C=O) groups excluding carboxylic acids is 1. The number of aromatic carboxylic acids is 1. The van der Waals surface area contributed by atoms with Crippen molar-refractivity contribution in [2.75, 3.05) is 0 Å². The maximum absolute atomic E-state index is 12.1. The number of amides is 1. The largest absolute Gasteiger partial charge is 0.478 e. The van der Waals surface area contributed by atoms with Crippen molar-refractivity contribution in [3.05, 3.63) is 65.0 Å². The van der Waals surface area contributed by atoms with Crippen molar-refractivity contribution in [3.63, 3.8) is 0 Å². The van der Waals surface area contributed by atoms with Crippen LogP contribution in [0.3, 0.4) is 0 Å². The molecule has 0 radical (unpaired) electrons. The maximum Gasteiger partial charge on any atom is 0.335 e. The van der Waals surface area contributed by atoms with E-state index in [-0.39, 0.29) is 16.9 Å². The van der Waals surface area contributed by atoms with E-state index < -0.39 is 11.9 Å². The molecule has 2 aromatic rings. The summed E-state index contributed by atoms with van der Waals surface area (Å²) in [5.41, 5.74) is 1.84. The molecule has 0 bridgehead atoms. The molecule has 0 unspecified atom stereocenters. The Morgan fingerprint density at radius 1 is 1.16 bits per heavy atom. The summed E-state index contributed by atoms with van der Waals surface area (Å²) in [6.07, 6.45) is 1.31. The molecular weight excluding hydrogens is 320 g/mol. The SMILES string of the molecule is CC(C)(C)OCc1cccc(CNC(=O)c2cc(C(=O)O)ccn2)c1. The number of ether oxygens (including phenoxy) is 1. The minimum absolute atomic E-state index is 0.0291. The highest BCUT2D eigenvalue weighted by atomic mass is 16.5. The normalized spacial score (nSPS) is 11.2. The van der Waals surface area contributed by atoms with Crippen molar-refractivity contribution < 1.29 is 19.4 Å². The van der Waals surface area contributed by atoms with Gasteiger partial charge in [-0.3, -0.25) is 9.78 Å². The number of aromatic nitrogens is 1. The molecule has 2 rings (SSSR count). The highest BCUT2D eigenvalue weighted by Crippen LogP contribution is 2.13. The first kappa shape index (κ1) is 18.6. The number of rotatable bonds is 6. The minimum atomic E-state index is -1.09. The highest BCUT2D eigenvalue weighted by molar-refractivity contribution is 5.95. The smallest absolute Gasteiger partial charge is 0.335 e. The van der Waals surface area contributed by atoms with Gasteiger partial charge in [0, 0.05) is 12.7 Å². The van der Waals surface area contributed by atoms with Crippen molar-refractivity contribution in [2.24, 2.45) is 0 Å². The Balaban J connectivity index is 1.98. The number of carbonyl (C=O) groups is 2. The number of carboxylic acids is 1. The van der Waals surface area contributed by atoms with E-state index in [0.29, 0.717) is 13.2 Å². The number of nitrogens with zero attached hydrogens (tertiary/aromatic N) is 1. The Labute approximate surface area is 146 Å². The molecule has 2 N–H and O–H groups in total. The summed E-state index contributed by atoms with van der Waals surface area (Å²) in [6.45, 7) is 6.80. The maximum atomic E-state index is 12.1. The van der Waals surface area contributed by atoms with E-state index in [0.717, 1.165) is 11.1 Å². The van der Waals surface area contributed by atoms with Crippen LogP contribution in [0.15, 0.2) is 42.6 Å². The van der Waals surface area contributed by atoms with Crippen LogP contribution in [0.2, 0.25) is 0 Å². The van der Waals surface area contributed by atoms with Crippen molar-refractivity contribution in [3.8, 4) is 0 Å². The van der Waals surface area contributed by atoms with Crippen LogP contribution in [-0.4, -0.2) is 27.6 Å². The molecule has 0 aliphatic rings. The van der Waals surface area contributed by atoms with Gasteiger partial charge in [0.05, 0.1) is 17.8 Å². The molecule has 1 heterocycles. The first-order chi connectivity index (χ1) is 11.7. The van der Waals surface area contributed by atoms with Gasteiger partial charge in [0.1, 0.15) is 5.69 Å². The lowest BCUT2D eigenvalue weighted by Crippen LogP contribution is -2.24. The van der Waals surface area contributed by atoms with Crippen LogP contribution < -0.4 is 5.32 Å². The third-order valence-corrected chi connectivity index (χ3v) is 3.36. The molecule has 6 heteroatoms. The van der Waals surface area contributed by atoms with Gasteiger partial charge >= 0.3 is 5.97 Å². The highest BCUT2D eigenvalue weighted by Gasteiger charge is 2.12. The summed E-state index contributed by atoms with van der Waals surface area (Å²) in [7, 11) is 0. The fraction of sp³-hybridized carbons (Fsp3) is 0.316. The Hall–Kier alpha value is -2.73. The molecule has 25 heavy (non-hydrogen) atoms. The van der Waals surface area contributed by atoms with Gasteiger partial charge in [-0.15, -0.1) is 0 Å². The van der Waals surface area contributed by atoms with E-state index in [9.17, 15) is 9.59 Å². The van der Waals surface area contributed by atoms with E-state index in [1.54, 1.807) is 0 Å². The Bertz CT molecular complexity index is 766. The molecular formula is C19H22N2O4. The molecule has 0 spiro atoms. The lowest BCUT2D eigenvalue weighted by Gasteiger charge is -2.19. The van der Waals surface area contributed by atoms with Crippen molar-refractivity contribution in [2.45, 2.75) is 39.5 Å². The van der Waals surface area contributed by atoms with Crippen LogP contribution in [0.1, 0.15) is 52.7 Å². The first-order valence-electron chi connectivity index (χ1n) is 7.94. The molecule has 0 aliphatic heterocycles. The quantitative estimate of drug-likeness (QED) is 0.842. The summed E-state index contributed by atoms with van der Waals surface area (Å²) < 4.78 is 5.75. The van der Waals surface area contributed by atoms with E-state index in [1.807, 2.05) is 45.0 Å². The third kappa shape index (κ3) is 6.00. The molecule has 1 aromatic heterocycles. The fourth-order valence-electron chi connectivity index (χ4n) is 2.09. The van der Waals surface area contributed by atoms with Gasteiger partial charge in [-0.1, -0.05) is 24.3 Å². The monoisotopic (exact) mass is 342 g/mol. The van der Waals surface area contributed by atoms with Crippen molar-refractivity contribution in [1.82, 2.24) is 10.3 Å². The molecule has 0 saturated carbocycles. The molecule has 0 saturated heterocycles. The summed E-state index contributed by atoms with van der Waals surface area (Å²) in [4.78, 5) is 27.0. The summed E-state index contributed by atoms with van der Waals surface area (Å²) >= 11 is 0. The number of pyridine rings is 1. The van der Waals surface area contributed by atoms with Crippen LogP contribution in [0.5, 0.6) is 0 Å². The van der Waals surface area contributed by atoms with Crippen molar-refractivity contribution >= 4 is 11.9 Å². The van der Waals surface area contributed by atoms with Crippen LogP contribution in [0.4, 0.5) is 0 Å². The molecule has 1 amide bonds. The Morgan fingerprint density at radius 2 is 1.88 bits per heavy atom. The zero-order chi connectivity index (χ0) is 18.4. The van der Waals surface area contributed by atoms with E-state index in [2.05, 4.69) is 10.3 Å². The second-order valence-electron chi connectivity index (χ2n) is 6.64. The number of carboxylic acid groups (broad SMARTS) is 1. The lowest BCUT2D eigenvalue weighted by molar-refractivity contribution is -0.0149. The standard InChI is InChI=1S/C19H22N2O4/c1-19(2,3)25-12-14-6-4-5-13(9-14)11-21-17(22)16-10-15(18(23)24)7-8-20-16/h4-10H,11-12H2,1-3H3,(H,21,22)(H,23,24). The second kappa shape index (κ2) is 7.90. The van der Waals surface area contributed by atoms with Gasteiger partial charge in [-0.05, 0) is 44.0 Å². The summed E-state index contributed by atoms with van der Waals surface area (Å²) in [5.74, 6) is -1.51. The molecule has 6 nitrogen and oxygen atoms in total. The van der Waals surface area contributed by atoms with Gasteiger partial charge < -0.3 is 15.2 Å². The van der Waals surface area contributed by atoms with E-state index >= 15 is 0 Å². The van der Waals surface area contributed by atoms with Gasteiger partial charge in [0.15, 0.2) is 0 Å². The molecule has 0 fully saturated rings. The zero-order valence-corrected chi connectivity index (χ0v) is 14.6. The average Bonchev–Trinajstić information content (AvgIpc) is 2.58. The topological polar surface area (TPSA) is 88.5 Å². The first-order valence-corrected chi connectivity index (χ1v) is 7.94. The molecule has 132 valence electrons. The van der Waals surface area contributed by atoms with Crippen molar-refractivity contribution in [1.29, 1.82) is 0 Å². The van der Waals surface area contributed by atoms with Gasteiger partial charge in [-0.25, -0.2) is 4.79 Å². The Kier molecular flexibility index (Phi) is 5.88. The molecule has 0 atom stereocenters. The van der Waals surface area contributed by atoms with Gasteiger partial charge in [0.2, 0.25) is 0 Å². The minimum Gasteiger partial charge on any atom is -0.478 e. The fourth-order valence-corrected chi connectivity index (χ4v) is 2.09. The van der Waals surface area contributed by atoms with Gasteiger partial charge in [-0.2, -0.15) is 0 Å².